The SMILES string of the molecule is CC[C@H](C)[C@H](NC(=O)[C@@H](N)CCCN=C(N)N)C(=O)N[C@@H](Cc1c[nH]c2ccccc12)C(=O)N[C@@H](CC(=O)O)C(=O)N[C@H](C(=O)N[C@@H](CC(N)=O)C(=O)N[C@@H](CCC(N)=O)C(=O)N[C@@H](CCCCN)C(=O)N[C@H](C(=O)O)[C@@H](C)O)C(C)C. The largest absolute Gasteiger partial charge is 0.481 e. The van der Waals surface area contributed by atoms with Crippen molar-refractivity contribution in [3.8, 4) is 0 Å². The monoisotopic (exact) mass is 1160 g/mol. The van der Waals surface area contributed by atoms with E-state index in [9.17, 15) is 72.9 Å². The van der Waals surface area contributed by atoms with Crippen molar-refractivity contribution in [2.75, 3.05) is 13.1 Å². The van der Waals surface area contributed by atoms with Gasteiger partial charge >= 0.3 is 11.9 Å². The number of rotatable bonds is 38. The Labute approximate surface area is 473 Å². The average molecular weight is 1160 g/mol. The highest BCUT2D eigenvalue weighted by molar-refractivity contribution is 6.00. The molecule has 0 aliphatic heterocycles. The highest BCUT2D eigenvalue weighted by Crippen LogP contribution is 2.20. The van der Waals surface area contributed by atoms with E-state index in [2.05, 4.69) is 52.5 Å². The topological polar surface area (TPSA) is 546 Å². The van der Waals surface area contributed by atoms with Crippen LogP contribution in [0.1, 0.15) is 104 Å². The van der Waals surface area contributed by atoms with Crippen LogP contribution in [-0.4, -0.2) is 171 Å². The third-order valence-corrected chi connectivity index (χ3v) is 13.1. The van der Waals surface area contributed by atoms with E-state index in [1.165, 1.54) is 13.8 Å². The summed E-state index contributed by atoms with van der Waals surface area (Å²) < 4.78 is 0. The molecule has 0 bridgehead atoms. The molecule has 0 saturated carbocycles. The molecule has 24 N–H and O–H groups in total. The van der Waals surface area contributed by atoms with Crippen molar-refractivity contribution in [2.24, 2.45) is 51.2 Å². The molecular formula is C51H82N16O15. The van der Waals surface area contributed by atoms with E-state index >= 15 is 0 Å². The van der Waals surface area contributed by atoms with Gasteiger partial charge in [0.25, 0.3) is 0 Å². The van der Waals surface area contributed by atoms with Crippen LogP contribution in [0.25, 0.3) is 10.9 Å². The van der Waals surface area contributed by atoms with Gasteiger partial charge in [-0.05, 0) is 75.5 Å². The molecule has 2 rings (SSSR count). The maximum Gasteiger partial charge on any atom is 0.328 e. The fraction of sp³-hybridized carbons (Fsp3) is 0.588. The molecule has 0 aliphatic rings. The summed E-state index contributed by atoms with van der Waals surface area (Å²) in [4.78, 5) is 166. The number of nitrogens with one attached hydrogen (secondary N) is 9. The van der Waals surface area contributed by atoms with Crippen LogP contribution in [0.5, 0.6) is 0 Å². The summed E-state index contributed by atoms with van der Waals surface area (Å²) in [6.45, 7) is 7.81. The van der Waals surface area contributed by atoms with Gasteiger partial charge in [-0.2, -0.15) is 0 Å². The Hall–Kier alpha value is -8.45. The van der Waals surface area contributed by atoms with Crippen molar-refractivity contribution in [3.63, 3.8) is 0 Å². The minimum atomic E-state index is -1.94. The lowest BCUT2D eigenvalue weighted by molar-refractivity contribution is -0.145. The third kappa shape index (κ3) is 23.7. The number of guanidine groups is 1. The van der Waals surface area contributed by atoms with Crippen LogP contribution < -0.4 is 76.9 Å². The van der Waals surface area contributed by atoms with E-state index in [0.29, 0.717) is 35.7 Å². The minimum Gasteiger partial charge on any atom is -0.481 e. The maximum atomic E-state index is 14.4. The van der Waals surface area contributed by atoms with Gasteiger partial charge in [0.05, 0.1) is 25.0 Å². The van der Waals surface area contributed by atoms with Crippen LogP contribution >= 0.6 is 0 Å². The molecular weight excluding hydrogens is 1080 g/mol. The van der Waals surface area contributed by atoms with Crippen molar-refractivity contribution in [1.29, 1.82) is 0 Å². The van der Waals surface area contributed by atoms with Gasteiger partial charge < -0.3 is 97.2 Å². The Balaban J connectivity index is 2.49. The molecule has 0 saturated heterocycles. The number of aliphatic imine (C=N–C) groups is 1. The van der Waals surface area contributed by atoms with Gasteiger partial charge in [-0.3, -0.25) is 57.7 Å². The van der Waals surface area contributed by atoms with E-state index < -0.39 is 169 Å². The maximum absolute atomic E-state index is 14.4. The number of carboxylic acids is 2. The zero-order valence-corrected chi connectivity index (χ0v) is 46.7. The van der Waals surface area contributed by atoms with E-state index in [1.807, 2.05) is 0 Å². The van der Waals surface area contributed by atoms with E-state index in [-0.39, 0.29) is 44.7 Å². The van der Waals surface area contributed by atoms with Gasteiger partial charge in [0.15, 0.2) is 12.0 Å². The number of hydrogen-bond donors (Lipinski definition) is 18. The Morgan fingerprint density at radius 1 is 0.585 bits per heavy atom. The fourth-order valence-corrected chi connectivity index (χ4v) is 8.23. The molecule has 1 heterocycles. The lowest BCUT2D eigenvalue weighted by atomic mass is 9.96. The number of aliphatic hydroxyl groups is 1. The number of hydrogen-bond acceptors (Lipinski definition) is 16. The number of aromatic amines is 1. The molecule has 0 unspecified atom stereocenters. The van der Waals surface area contributed by atoms with E-state index in [4.69, 9.17) is 34.4 Å². The normalized spacial score (nSPS) is 15.2. The summed E-state index contributed by atoms with van der Waals surface area (Å²) in [6.07, 6.45) is -1.90. The summed E-state index contributed by atoms with van der Waals surface area (Å²) in [5.74, 6) is -15.1. The van der Waals surface area contributed by atoms with Crippen molar-refractivity contribution >= 4 is 87.9 Å². The number of carbonyl (C=O) groups excluding carboxylic acids is 10. The smallest absolute Gasteiger partial charge is 0.328 e. The Morgan fingerprint density at radius 2 is 1.10 bits per heavy atom. The lowest BCUT2D eigenvalue weighted by Gasteiger charge is -2.29. The lowest BCUT2D eigenvalue weighted by Crippen LogP contribution is -2.62. The number of primary amides is 2. The van der Waals surface area contributed by atoms with Gasteiger partial charge in [0.2, 0.25) is 59.1 Å². The summed E-state index contributed by atoms with van der Waals surface area (Å²) >= 11 is 0. The second-order valence-corrected chi connectivity index (χ2v) is 20.1. The molecule has 2 aromatic rings. The van der Waals surface area contributed by atoms with Crippen molar-refractivity contribution in [3.05, 3.63) is 36.0 Å². The first-order chi connectivity index (χ1) is 38.5. The van der Waals surface area contributed by atoms with Crippen LogP contribution in [0, 0.1) is 11.8 Å². The molecule has 0 aliphatic carbocycles. The highest BCUT2D eigenvalue weighted by atomic mass is 16.4. The minimum absolute atomic E-state index is 0.111. The molecule has 31 nitrogen and oxygen atoms in total. The zero-order valence-electron chi connectivity index (χ0n) is 46.7. The van der Waals surface area contributed by atoms with Crippen LogP contribution in [0.3, 0.4) is 0 Å². The predicted octanol–water partition coefficient (Wildman–Crippen LogP) is -5.12. The standard InChI is InChI=1S/C51H82N16O15/c1-6-25(4)40(66-42(73)29(53)13-11-19-58-51(56)57)49(80)63-33(20-27-23-59-30-14-8-7-12-28(27)30)45(76)62-35(22-38(71)72)47(78)65-39(24(2)3)48(79)64-34(21-37(55)70)46(77)61-32(16-17-36(54)69)43(74)60-31(15-9-10-18-52)44(75)67-41(26(5)68)50(81)82/h7-8,12,14,23-26,29,31-35,39-41,59,68H,6,9-11,13,15-22,52-53H2,1-5H3,(H2,54,69)(H2,55,70)(H,60,74)(H,61,77)(H,62,76)(H,63,80)(H,64,79)(H,65,78)(H,66,73)(H,67,75)(H,71,72)(H,81,82)(H4,56,57,58)/t25-,26+,29-,31-,32-,33-,34-,35-,39-,40-,41-/m0/s1. The number of H-pyrrole nitrogens is 1. The summed E-state index contributed by atoms with van der Waals surface area (Å²) in [5.41, 5.74) is 34.5. The first-order valence-corrected chi connectivity index (χ1v) is 26.7. The molecule has 0 spiro atoms. The Morgan fingerprint density at radius 3 is 1.66 bits per heavy atom. The average Bonchev–Trinajstić information content (AvgIpc) is 3.84. The Bertz CT molecular complexity index is 2590. The number of aliphatic carboxylic acids is 2. The molecule has 1 aromatic heterocycles. The van der Waals surface area contributed by atoms with Crippen LogP contribution in [0.4, 0.5) is 0 Å². The number of benzene rings is 1. The Kier molecular flexibility index (Phi) is 29.4. The molecule has 82 heavy (non-hydrogen) atoms. The predicted molar refractivity (Wildman–Crippen MR) is 296 cm³/mol. The number of carboxylic acid groups (broad SMARTS) is 2. The van der Waals surface area contributed by atoms with E-state index in [0.717, 1.165) is 6.92 Å². The number of amides is 10. The van der Waals surface area contributed by atoms with Gasteiger partial charge in [0.1, 0.15) is 42.3 Å². The summed E-state index contributed by atoms with van der Waals surface area (Å²) in [6, 6.07) is -7.36. The van der Waals surface area contributed by atoms with E-state index in [1.54, 1.807) is 44.3 Å². The fourth-order valence-electron chi connectivity index (χ4n) is 8.23. The second-order valence-electron chi connectivity index (χ2n) is 20.1. The highest BCUT2D eigenvalue weighted by Gasteiger charge is 2.38. The van der Waals surface area contributed by atoms with Gasteiger partial charge in [-0.1, -0.05) is 52.3 Å². The molecule has 0 radical (unpaired) electrons. The summed E-state index contributed by atoms with van der Waals surface area (Å²) in [7, 11) is 0. The van der Waals surface area contributed by atoms with Crippen molar-refractivity contribution in [2.45, 2.75) is 166 Å². The number of aliphatic hydroxyl groups excluding tert-OH is 1. The first-order valence-electron chi connectivity index (χ1n) is 26.7. The number of carbonyl (C=O) groups is 12. The number of fused-ring (bicyclic) bond motifs is 1. The van der Waals surface area contributed by atoms with Crippen LogP contribution in [0.15, 0.2) is 35.5 Å². The number of aromatic nitrogens is 1. The molecule has 456 valence electrons. The molecule has 11 atom stereocenters. The number of para-hydroxylation sites is 1. The quantitative estimate of drug-likeness (QED) is 0.0170. The van der Waals surface area contributed by atoms with Gasteiger partial charge in [-0.25, -0.2) is 4.79 Å². The molecule has 10 amide bonds. The van der Waals surface area contributed by atoms with Gasteiger partial charge in [0, 0.05) is 36.5 Å². The van der Waals surface area contributed by atoms with Crippen molar-refractivity contribution < 1.29 is 72.9 Å². The van der Waals surface area contributed by atoms with Crippen LogP contribution in [-0.2, 0) is 64.0 Å². The summed E-state index contributed by atoms with van der Waals surface area (Å²) in [5, 5.41) is 49.3. The molecule has 0 fully saturated rings. The third-order valence-electron chi connectivity index (χ3n) is 13.1. The first kappa shape index (κ1) is 69.7. The van der Waals surface area contributed by atoms with Crippen molar-refractivity contribution in [1.82, 2.24) is 47.5 Å². The second kappa shape index (κ2) is 34.6. The molecule has 31 heteroatoms. The zero-order chi connectivity index (χ0) is 62.0. The number of nitrogens with zero attached hydrogens (tertiary/aromatic N) is 1. The molecule has 1 aromatic carbocycles. The van der Waals surface area contributed by atoms with Crippen LogP contribution in [0.2, 0.25) is 0 Å². The van der Waals surface area contributed by atoms with Gasteiger partial charge in [-0.15, -0.1) is 0 Å². The number of unbranched alkanes of at least 4 members (excludes halogenated alkanes) is 1. The number of nitrogens with two attached hydrogens (primary N) is 6.